The maximum absolute atomic E-state index is 5.06. The molecule has 0 rings (SSSR count). The monoisotopic (exact) mass is 246 g/mol. The highest BCUT2D eigenvalue weighted by atomic mass is 16.5. The highest BCUT2D eigenvalue weighted by molar-refractivity contribution is 4.58. The van der Waals surface area contributed by atoms with Crippen molar-refractivity contribution in [2.24, 2.45) is 23.7 Å². The van der Waals surface area contributed by atoms with Crippen molar-refractivity contribution in [3.8, 4) is 0 Å². The Morgan fingerprint density at radius 2 is 1.24 bits per heavy atom. The Hall–Kier alpha value is -0.0800. The van der Waals surface area contributed by atoms with Gasteiger partial charge >= 0.3 is 0 Å². The third-order valence-electron chi connectivity index (χ3n) is 3.42. The molecule has 2 heteroatoms. The molecule has 0 aromatic carbocycles. The van der Waals surface area contributed by atoms with E-state index in [0.717, 1.165) is 31.0 Å². The van der Waals surface area contributed by atoms with E-state index in [0.29, 0.717) is 5.92 Å². The zero-order valence-electron chi connectivity index (χ0n) is 13.2. The van der Waals surface area contributed by atoms with Crippen molar-refractivity contribution in [1.82, 2.24) is 0 Å². The van der Waals surface area contributed by atoms with Crippen LogP contribution in [0.15, 0.2) is 0 Å². The molecule has 0 aromatic heterocycles. The lowest BCUT2D eigenvalue weighted by Crippen LogP contribution is -2.13. The molecule has 0 saturated carbocycles. The summed E-state index contributed by atoms with van der Waals surface area (Å²) in [5.41, 5.74) is 0. The molecule has 0 radical (unpaired) electrons. The summed E-state index contributed by atoms with van der Waals surface area (Å²) in [7, 11) is 3.52. The topological polar surface area (TPSA) is 18.5 Å². The molecule has 0 spiro atoms. The highest BCUT2D eigenvalue weighted by Crippen LogP contribution is 2.14. The number of hydrogen-bond acceptors (Lipinski definition) is 2. The van der Waals surface area contributed by atoms with E-state index in [9.17, 15) is 0 Å². The summed E-state index contributed by atoms with van der Waals surface area (Å²) in [5.74, 6) is 2.94. The van der Waals surface area contributed by atoms with Gasteiger partial charge in [-0.3, -0.25) is 0 Å². The lowest BCUT2D eigenvalue weighted by molar-refractivity contribution is 0.127. The van der Waals surface area contributed by atoms with Crippen molar-refractivity contribution in [3.05, 3.63) is 0 Å². The SMILES string of the molecule is CCC(COC)C(C)C.COCC(C)C(C)C. The third-order valence-corrected chi connectivity index (χ3v) is 3.42. The normalized spacial score (nSPS) is 14.5. The van der Waals surface area contributed by atoms with Gasteiger partial charge in [0.2, 0.25) is 0 Å². The van der Waals surface area contributed by atoms with Gasteiger partial charge in [0, 0.05) is 27.4 Å². The van der Waals surface area contributed by atoms with E-state index in [1.165, 1.54) is 6.42 Å². The van der Waals surface area contributed by atoms with Gasteiger partial charge in [-0.1, -0.05) is 48.0 Å². The quantitative estimate of drug-likeness (QED) is 0.669. The molecule has 0 aromatic rings. The first-order valence-corrected chi connectivity index (χ1v) is 6.88. The van der Waals surface area contributed by atoms with Crippen molar-refractivity contribution >= 4 is 0 Å². The second-order valence-corrected chi connectivity index (χ2v) is 5.54. The van der Waals surface area contributed by atoms with Crippen molar-refractivity contribution in [2.45, 2.75) is 48.0 Å². The summed E-state index contributed by atoms with van der Waals surface area (Å²) >= 11 is 0. The van der Waals surface area contributed by atoms with Gasteiger partial charge in [0.1, 0.15) is 0 Å². The van der Waals surface area contributed by atoms with E-state index >= 15 is 0 Å². The van der Waals surface area contributed by atoms with E-state index in [-0.39, 0.29) is 0 Å². The van der Waals surface area contributed by atoms with Gasteiger partial charge in [-0.15, -0.1) is 0 Å². The van der Waals surface area contributed by atoms with Crippen LogP contribution in [0.2, 0.25) is 0 Å². The molecule has 17 heavy (non-hydrogen) atoms. The first-order chi connectivity index (χ1) is 7.90. The summed E-state index contributed by atoms with van der Waals surface area (Å²) < 4.78 is 10.0. The van der Waals surface area contributed by atoms with Crippen LogP contribution in [0.5, 0.6) is 0 Å². The summed E-state index contributed by atoms with van der Waals surface area (Å²) in [6.45, 7) is 15.1. The number of methoxy groups -OCH3 is 2. The van der Waals surface area contributed by atoms with Crippen LogP contribution in [0.1, 0.15) is 48.0 Å². The fourth-order valence-electron chi connectivity index (χ4n) is 1.45. The molecule has 2 atom stereocenters. The number of ether oxygens (including phenoxy) is 2. The van der Waals surface area contributed by atoms with Gasteiger partial charge in [-0.2, -0.15) is 0 Å². The molecule has 2 unspecified atom stereocenters. The summed E-state index contributed by atoms with van der Waals surface area (Å²) in [6.07, 6.45) is 1.23. The van der Waals surface area contributed by atoms with Gasteiger partial charge in [0.15, 0.2) is 0 Å². The molecule has 106 valence electrons. The van der Waals surface area contributed by atoms with Crippen molar-refractivity contribution in [3.63, 3.8) is 0 Å². The molecule has 0 N–H and O–H groups in total. The van der Waals surface area contributed by atoms with Gasteiger partial charge in [0.25, 0.3) is 0 Å². The molecule has 0 heterocycles. The number of rotatable bonds is 7. The second-order valence-electron chi connectivity index (χ2n) is 5.54. The van der Waals surface area contributed by atoms with Crippen molar-refractivity contribution in [1.29, 1.82) is 0 Å². The van der Waals surface area contributed by atoms with E-state index < -0.39 is 0 Å². The largest absolute Gasteiger partial charge is 0.384 e. The summed E-state index contributed by atoms with van der Waals surface area (Å²) in [5, 5.41) is 0. The van der Waals surface area contributed by atoms with Crippen LogP contribution in [0, 0.1) is 23.7 Å². The Kier molecular flexibility index (Phi) is 14.0. The summed E-state index contributed by atoms with van der Waals surface area (Å²) in [4.78, 5) is 0. The first kappa shape index (κ1) is 19.3. The highest BCUT2D eigenvalue weighted by Gasteiger charge is 2.09. The maximum Gasteiger partial charge on any atom is 0.0492 e. The fraction of sp³-hybridized carbons (Fsp3) is 1.00. The molecule has 0 aliphatic heterocycles. The van der Waals surface area contributed by atoms with Crippen LogP contribution in [-0.4, -0.2) is 27.4 Å². The lowest BCUT2D eigenvalue weighted by atomic mass is 9.94. The Labute approximate surface area is 109 Å². The van der Waals surface area contributed by atoms with Crippen LogP contribution in [-0.2, 0) is 9.47 Å². The molecule has 2 nitrogen and oxygen atoms in total. The molecule has 0 saturated heterocycles. The molecular formula is C15H34O2. The Morgan fingerprint density at radius 1 is 0.765 bits per heavy atom. The lowest BCUT2D eigenvalue weighted by Gasteiger charge is -2.16. The number of hydrogen-bond donors (Lipinski definition) is 0. The summed E-state index contributed by atoms with van der Waals surface area (Å²) in [6, 6.07) is 0. The van der Waals surface area contributed by atoms with Crippen molar-refractivity contribution in [2.75, 3.05) is 27.4 Å². The zero-order chi connectivity index (χ0) is 13.8. The van der Waals surface area contributed by atoms with Gasteiger partial charge in [0.05, 0.1) is 0 Å². The van der Waals surface area contributed by atoms with E-state index in [1.807, 2.05) is 0 Å². The predicted molar refractivity (Wildman–Crippen MR) is 76.4 cm³/mol. The van der Waals surface area contributed by atoms with Gasteiger partial charge in [-0.05, 0) is 23.7 Å². The Balaban J connectivity index is 0. The Bertz CT molecular complexity index is 144. The van der Waals surface area contributed by atoms with Gasteiger partial charge < -0.3 is 9.47 Å². The van der Waals surface area contributed by atoms with Gasteiger partial charge in [-0.25, -0.2) is 0 Å². The zero-order valence-corrected chi connectivity index (χ0v) is 13.2. The molecule has 0 aliphatic rings. The van der Waals surface area contributed by atoms with Crippen molar-refractivity contribution < 1.29 is 9.47 Å². The first-order valence-electron chi connectivity index (χ1n) is 6.88. The minimum atomic E-state index is 0.694. The Morgan fingerprint density at radius 3 is 1.35 bits per heavy atom. The van der Waals surface area contributed by atoms with Crippen LogP contribution in [0.3, 0.4) is 0 Å². The molecule has 0 amide bonds. The van der Waals surface area contributed by atoms with Crippen LogP contribution >= 0.6 is 0 Å². The van der Waals surface area contributed by atoms with E-state index in [2.05, 4.69) is 41.5 Å². The molecule has 0 fully saturated rings. The van der Waals surface area contributed by atoms with Crippen LogP contribution in [0.4, 0.5) is 0 Å². The molecule has 0 bridgehead atoms. The third kappa shape index (κ3) is 12.2. The van der Waals surface area contributed by atoms with E-state index in [1.54, 1.807) is 14.2 Å². The minimum absolute atomic E-state index is 0.694. The van der Waals surface area contributed by atoms with Crippen LogP contribution < -0.4 is 0 Å². The molecular weight excluding hydrogens is 212 g/mol. The maximum atomic E-state index is 5.06. The minimum Gasteiger partial charge on any atom is -0.384 e. The predicted octanol–water partition coefficient (Wildman–Crippen LogP) is 4.24. The molecule has 0 aliphatic carbocycles. The smallest absolute Gasteiger partial charge is 0.0492 e. The average molecular weight is 246 g/mol. The average Bonchev–Trinajstić information content (AvgIpc) is 2.26. The second kappa shape index (κ2) is 12.4. The van der Waals surface area contributed by atoms with E-state index in [4.69, 9.17) is 9.47 Å². The fourth-order valence-corrected chi connectivity index (χ4v) is 1.45. The van der Waals surface area contributed by atoms with Crippen LogP contribution in [0.25, 0.3) is 0 Å². The standard InChI is InChI=1S/C8H18O.C7H16O/c1-5-8(6-9-4)7(2)3;1-6(2)7(3)5-8-4/h7-8H,5-6H2,1-4H3;6-7H,5H2,1-4H3.